The summed E-state index contributed by atoms with van der Waals surface area (Å²) in [4.78, 5) is 22.6. The van der Waals surface area contributed by atoms with E-state index in [2.05, 4.69) is 12.6 Å². The molecule has 98 valence electrons. The molecule has 0 aliphatic carbocycles. The van der Waals surface area contributed by atoms with E-state index in [4.69, 9.17) is 10.8 Å². The number of aromatic carboxylic acids is 1. The SMILES string of the molecule is CC(C)CC(S)c1cccc(C(=O)O)c1C(N)=O. The molecule has 0 aliphatic heterocycles. The molecule has 0 spiro atoms. The Morgan fingerprint density at radius 1 is 1.39 bits per heavy atom. The van der Waals surface area contributed by atoms with Crippen LogP contribution in [0.1, 0.15) is 51.8 Å². The molecular weight excluding hydrogens is 250 g/mol. The van der Waals surface area contributed by atoms with Crippen LogP contribution in [0.25, 0.3) is 0 Å². The van der Waals surface area contributed by atoms with Crippen molar-refractivity contribution in [3.63, 3.8) is 0 Å². The quantitative estimate of drug-likeness (QED) is 0.717. The maximum atomic E-state index is 11.5. The van der Waals surface area contributed by atoms with E-state index in [1.54, 1.807) is 12.1 Å². The maximum Gasteiger partial charge on any atom is 0.336 e. The molecule has 0 aromatic heterocycles. The standard InChI is InChI=1S/C13H17NO3S/c1-7(2)6-10(18)8-4-3-5-9(13(16)17)11(8)12(14)15/h3-5,7,10,18H,6H2,1-2H3,(H2,14,15)(H,16,17). The van der Waals surface area contributed by atoms with Gasteiger partial charge in [-0.3, -0.25) is 4.79 Å². The van der Waals surface area contributed by atoms with Gasteiger partial charge in [0.05, 0.1) is 11.1 Å². The van der Waals surface area contributed by atoms with Crippen LogP contribution in [0, 0.1) is 5.92 Å². The third-order valence-corrected chi connectivity index (χ3v) is 3.12. The molecule has 0 saturated carbocycles. The summed E-state index contributed by atoms with van der Waals surface area (Å²) >= 11 is 4.44. The van der Waals surface area contributed by atoms with Gasteiger partial charge in [0.15, 0.2) is 0 Å². The normalized spacial score (nSPS) is 12.4. The first kappa shape index (κ1) is 14.6. The number of rotatable bonds is 5. The lowest BCUT2D eigenvalue weighted by atomic mass is 9.94. The van der Waals surface area contributed by atoms with E-state index in [9.17, 15) is 9.59 Å². The Labute approximate surface area is 112 Å². The molecule has 1 unspecified atom stereocenters. The number of hydrogen-bond acceptors (Lipinski definition) is 3. The molecule has 4 nitrogen and oxygen atoms in total. The van der Waals surface area contributed by atoms with Crippen LogP contribution < -0.4 is 5.73 Å². The third-order valence-electron chi connectivity index (χ3n) is 2.63. The van der Waals surface area contributed by atoms with E-state index in [0.717, 1.165) is 6.42 Å². The highest BCUT2D eigenvalue weighted by molar-refractivity contribution is 7.80. The summed E-state index contributed by atoms with van der Waals surface area (Å²) in [5, 5.41) is 8.87. The maximum absolute atomic E-state index is 11.5. The van der Waals surface area contributed by atoms with Crippen molar-refractivity contribution in [3.8, 4) is 0 Å². The minimum absolute atomic E-state index is 0.0608. The summed E-state index contributed by atoms with van der Waals surface area (Å²) in [5.41, 5.74) is 5.86. The summed E-state index contributed by atoms with van der Waals surface area (Å²) in [6.45, 7) is 4.07. The molecule has 0 bridgehead atoms. The Balaban J connectivity index is 3.31. The number of primary amides is 1. The van der Waals surface area contributed by atoms with Crippen molar-refractivity contribution in [2.45, 2.75) is 25.5 Å². The van der Waals surface area contributed by atoms with Gasteiger partial charge in [-0.2, -0.15) is 12.6 Å². The van der Waals surface area contributed by atoms with Crippen molar-refractivity contribution < 1.29 is 14.7 Å². The van der Waals surface area contributed by atoms with E-state index in [1.165, 1.54) is 6.07 Å². The fourth-order valence-corrected chi connectivity index (χ4v) is 2.51. The summed E-state index contributed by atoms with van der Waals surface area (Å²) in [6, 6.07) is 4.68. The number of benzene rings is 1. The van der Waals surface area contributed by atoms with Gasteiger partial charge in [0.1, 0.15) is 0 Å². The molecule has 1 rings (SSSR count). The van der Waals surface area contributed by atoms with Crippen molar-refractivity contribution in [1.82, 2.24) is 0 Å². The third kappa shape index (κ3) is 3.26. The molecule has 0 heterocycles. The van der Waals surface area contributed by atoms with Crippen molar-refractivity contribution in [2.24, 2.45) is 11.7 Å². The van der Waals surface area contributed by atoms with Crippen LogP contribution in [-0.2, 0) is 0 Å². The highest BCUT2D eigenvalue weighted by Crippen LogP contribution is 2.31. The molecule has 0 saturated heterocycles. The topological polar surface area (TPSA) is 80.4 Å². The van der Waals surface area contributed by atoms with Crippen molar-refractivity contribution in [2.75, 3.05) is 0 Å². The van der Waals surface area contributed by atoms with Gasteiger partial charge >= 0.3 is 5.97 Å². The minimum atomic E-state index is -1.16. The Bertz CT molecular complexity index is 471. The lowest BCUT2D eigenvalue weighted by Gasteiger charge is -2.17. The number of carboxylic acids is 1. The fraction of sp³-hybridized carbons (Fsp3) is 0.385. The second-order valence-electron chi connectivity index (χ2n) is 4.58. The number of carboxylic acid groups (broad SMARTS) is 1. The van der Waals surface area contributed by atoms with E-state index >= 15 is 0 Å². The molecule has 1 aromatic rings. The van der Waals surface area contributed by atoms with Crippen LogP contribution in [0.15, 0.2) is 18.2 Å². The van der Waals surface area contributed by atoms with E-state index < -0.39 is 11.9 Å². The second-order valence-corrected chi connectivity index (χ2v) is 5.21. The Kier molecular flexibility index (Phi) is 4.78. The van der Waals surface area contributed by atoms with Crippen LogP contribution >= 0.6 is 12.6 Å². The smallest absolute Gasteiger partial charge is 0.336 e. The number of thiol groups is 1. The van der Waals surface area contributed by atoms with Gasteiger partial charge in [0.25, 0.3) is 0 Å². The summed E-state index contributed by atoms with van der Waals surface area (Å²) < 4.78 is 0. The molecule has 0 radical (unpaired) electrons. The first-order chi connectivity index (χ1) is 8.34. The molecule has 1 aromatic carbocycles. The number of amides is 1. The van der Waals surface area contributed by atoms with Crippen LogP contribution in [0.5, 0.6) is 0 Å². The lowest BCUT2D eigenvalue weighted by molar-refractivity contribution is 0.0692. The van der Waals surface area contributed by atoms with Crippen molar-refractivity contribution in [1.29, 1.82) is 0 Å². The molecule has 1 atom stereocenters. The molecular formula is C13H17NO3S. The van der Waals surface area contributed by atoms with Gasteiger partial charge in [-0.15, -0.1) is 0 Å². The van der Waals surface area contributed by atoms with E-state index in [1.807, 2.05) is 13.8 Å². The largest absolute Gasteiger partial charge is 0.478 e. The zero-order chi connectivity index (χ0) is 13.9. The van der Waals surface area contributed by atoms with Gasteiger partial charge in [0.2, 0.25) is 5.91 Å². The number of nitrogens with two attached hydrogens (primary N) is 1. The van der Waals surface area contributed by atoms with E-state index in [-0.39, 0.29) is 16.4 Å². The predicted octanol–water partition coefficient (Wildman–Crippen LogP) is 2.50. The zero-order valence-corrected chi connectivity index (χ0v) is 11.3. The van der Waals surface area contributed by atoms with Gasteiger partial charge in [-0.1, -0.05) is 26.0 Å². The highest BCUT2D eigenvalue weighted by atomic mass is 32.1. The Hall–Kier alpha value is -1.49. The number of hydrogen-bond donors (Lipinski definition) is 3. The van der Waals surface area contributed by atoms with Gasteiger partial charge in [0, 0.05) is 5.25 Å². The van der Waals surface area contributed by atoms with Crippen LogP contribution in [0.2, 0.25) is 0 Å². The molecule has 18 heavy (non-hydrogen) atoms. The molecule has 0 aliphatic rings. The zero-order valence-electron chi connectivity index (χ0n) is 10.4. The predicted molar refractivity (Wildman–Crippen MR) is 73.1 cm³/mol. The Morgan fingerprint density at radius 3 is 2.44 bits per heavy atom. The Morgan fingerprint density at radius 2 is 2.00 bits per heavy atom. The molecule has 3 N–H and O–H groups in total. The number of carbonyl (C=O) groups excluding carboxylic acids is 1. The van der Waals surface area contributed by atoms with Gasteiger partial charge in [-0.05, 0) is 24.0 Å². The van der Waals surface area contributed by atoms with Crippen molar-refractivity contribution >= 4 is 24.5 Å². The van der Waals surface area contributed by atoms with E-state index in [0.29, 0.717) is 11.5 Å². The molecule has 5 heteroatoms. The van der Waals surface area contributed by atoms with Crippen LogP contribution in [-0.4, -0.2) is 17.0 Å². The average molecular weight is 267 g/mol. The molecule has 1 amide bonds. The summed E-state index contributed by atoms with van der Waals surface area (Å²) in [6.07, 6.45) is 0.743. The monoisotopic (exact) mass is 267 g/mol. The number of carbonyl (C=O) groups is 2. The van der Waals surface area contributed by atoms with Gasteiger partial charge in [-0.25, -0.2) is 4.79 Å². The van der Waals surface area contributed by atoms with Crippen LogP contribution in [0.4, 0.5) is 0 Å². The average Bonchev–Trinajstić information content (AvgIpc) is 2.26. The summed E-state index contributed by atoms with van der Waals surface area (Å²) in [7, 11) is 0. The lowest BCUT2D eigenvalue weighted by Crippen LogP contribution is -2.19. The van der Waals surface area contributed by atoms with Crippen molar-refractivity contribution in [3.05, 3.63) is 34.9 Å². The summed E-state index contributed by atoms with van der Waals surface area (Å²) in [5.74, 6) is -1.50. The second kappa shape index (κ2) is 5.91. The van der Waals surface area contributed by atoms with Gasteiger partial charge < -0.3 is 10.8 Å². The minimum Gasteiger partial charge on any atom is -0.478 e. The highest BCUT2D eigenvalue weighted by Gasteiger charge is 2.22. The first-order valence-corrected chi connectivity index (χ1v) is 6.20. The van der Waals surface area contributed by atoms with Crippen LogP contribution in [0.3, 0.4) is 0 Å². The first-order valence-electron chi connectivity index (χ1n) is 5.68. The molecule has 0 fully saturated rings. The fourth-order valence-electron chi connectivity index (χ4n) is 1.87.